The summed E-state index contributed by atoms with van der Waals surface area (Å²) in [6.45, 7) is 5.70. The number of nitrogens with two attached hydrogens (primary N) is 1. The first-order valence-electron chi connectivity index (χ1n) is 5.69. The second-order valence-electron chi connectivity index (χ2n) is 5.22. The quantitative estimate of drug-likeness (QED) is 0.880. The fourth-order valence-corrected chi connectivity index (χ4v) is 1.99. The molecule has 96 valence electrons. The van der Waals surface area contributed by atoms with Gasteiger partial charge in [-0.2, -0.15) is 0 Å². The van der Waals surface area contributed by atoms with Crippen LogP contribution in [-0.2, 0) is 6.42 Å². The highest BCUT2D eigenvalue weighted by molar-refractivity contribution is 6.30. The molecule has 0 bridgehead atoms. The van der Waals surface area contributed by atoms with E-state index in [1.165, 1.54) is 6.07 Å². The zero-order valence-corrected chi connectivity index (χ0v) is 11.4. The van der Waals surface area contributed by atoms with Crippen molar-refractivity contribution in [2.75, 3.05) is 20.1 Å². The number of rotatable bonds is 5. The van der Waals surface area contributed by atoms with Gasteiger partial charge in [0.1, 0.15) is 5.82 Å². The van der Waals surface area contributed by atoms with Crippen LogP contribution in [-0.4, -0.2) is 30.6 Å². The van der Waals surface area contributed by atoms with Gasteiger partial charge in [-0.3, -0.25) is 0 Å². The maximum Gasteiger partial charge on any atom is 0.141 e. The molecule has 0 heterocycles. The average molecular weight is 259 g/mol. The highest BCUT2D eigenvalue weighted by Gasteiger charge is 2.13. The van der Waals surface area contributed by atoms with Crippen LogP contribution in [0.1, 0.15) is 19.4 Å². The normalized spacial score (nSPS) is 12.2. The molecule has 0 saturated carbocycles. The van der Waals surface area contributed by atoms with Crippen molar-refractivity contribution in [3.8, 4) is 0 Å². The van der Waals surface area contributed by atoms with Gasteiger partial charge in [0.05, 0.1) is 5.02 Å². The number of nitrogens with zero attached hydrogens (tertiary/aromatic N) is 1. The third kappa shape index (κ3) is 5.48. The van der Waals surface area contributed by atoms with Crippen molar-refractivity contribution in [2.24, 2.45) is 5.73 Å². The molecular formula is C13H20ClFN2. The van der Waals surface area contributed by atoms with E-state index in [4.69, 9.17) is 17.3 Å². The molecule has 1 aromatic rings. The highest BCUT2D eigenvalue weighted by Crippen LogP contribution is 2.16. The summed E-state index contributed by atoms with van der Waals surface area (Å²) >= 11 is 5.73. The summed E-state index contributed by atoms with van der Waals surface area (Å²) in [4.78, 5) is 2.16. The molecule has 0 aromatic heterocycles. The van der Waals surface area contributed by atoms with E-state index in [-0.39, 0.29) is 16.4 Å². The van der Waals surface area contributed by atoms with Gasteiger partial charge in [0.25, 0.3) is 0 Å². The maximum atomic E-state index is 13.0. The Hall–Kier alpha value is -0.640. The minimum absolute atomic E-state index is 0.185. The summed E-state index contributed by atoms with van der Waals surface area (Å²) in [5.41, 5.74) is 6.78. The van der Waals surface area contributed by atoms with E-state index in [0.29, 0.717) is 0 Å². The van der Waals surface area contributed by atoms with Crippen molar-refractivity contribution in [1.29, 1.82) is 0 Å². The molecule has 0 saturated heterocycles. The molecule has 0 unspecified atom stereocenters. The molecule has 4 heteroatoms. The van der Waals surface area contributed by atoms with Gasteiger partial charge in [0.2, 0.25) is 0 Å². The third-order valence-electron chi connectivity index (χ3n) is 2.44. The minimum atomic E-state index is -0.369. The van der Waals surface area contributed by atoms with Crippen LogP contribution in [0.3, 0.4) is 0 Å². The first-order valence-corrected chi connectivity index (χ1v) is 6.07. The summed E-state index contributed by atoms with van der Waals surface area (Å²) in [6.07, 6.45) is 0.840. The van der Waals surface area contributed by atoms with Gasteiger partial charge in [0.15, 0.2) is 0 Å². The molecule has 2 N–H and O–H groups in total. The predicted octanol–water partition coefficient (Wildman–Crippen LogP) is 2.69. The van der Waals surface area contributed by atoms with E-state index in [9.17, 15) is 4.39 Å². The molecule has 0 aliphatic rings. The zero-order valence-electron chi connectivity index (χ0n) is 10.6. The molecule has 1 aromatic carbocycles. The standard InChI is InChI=1S/C13H20ClFN2/c1-13(2,16)9-17(3)7-6-10-4-5-12(15)11(14)8-10/h4-5,8H,6-7,9,16H2,1-3H3. The lowest BCUT2D eigenvalue weighted by atomic mass is 10.1. The van der Waals surface area contributed by atoms with Crippen LogP contribution in [0.5, 0.6) is 0 Å². The predicted molar refractivity (Wildman–Crippen MR) is 70.9 cm³/mol. The Morgan fingerprint density at radius 2 is 2.06 bits per heavy atom. The van der Waals surface area contributed by atoms with Crippen LogP contribution in [0.4, 0.5) is 4.39 Å². The van der Waals surface area contributed by atoms with Gasteiger partial charge >= 0.3 is 0 Å². The summed E-state index contributed by atoms with van der Waals surface area (Å²) in [5, 5.41) is 0.185. The Labute approximate surface area is 108 Å². The van der Waals surface area contributed by atoms with E-state index in [2.05, 4.69) is 4.90 Å². The highest BCUT2D eigenvalue weighted by atomic mass is 35.5. The van der Waals surface area contributed by atoms with E-state index < -0.39 is 0 Å². The molecule has 0 radical (unpaired) electrons. The monoisotopic (exact) mass is 258 g/mol. The largest absolute Gasteiger partial charge is 0.324 e. The Morgan fingerprint density at radius 1 is 1.41 bits per heavy atom. The number of halogens is 2. The van der Waals surface area contributed by atoms with Gasteiger partial charge in [-0.05, 0) is 45.0 Å². The van der Waals surface area contributed by atoms with Crippen molar-refractivity contribution in [3.05, 3.63) is 34.6 Å². The molecule has 17 heavy (non-hydrogen) atoms. The molecule has 0 spiro atoms. The smallest absolute Gasteiger partial charge is 0.141 e. The van der Waals surface area contributed by atoms with Crippen molar-refractivity contribution in [1.82, 2.24) is 4.90 Å². The zero-order chi connectivity index (χ0) is 13.1. The molecule has 0 amide bonds. The first-order chi connectivity index (χ1) is 7.78. The van der Waals surface area contributed by atoms with E-state index in [0.717, 1.165) is 25.1 Å². The Balaban J connectivity index is 2.47. The van der Waals surface area contributed by atoms with Crippen molar-refractivity contribution < 1.29 is 4.39 Å². The summed E-state index contributed by atoms with van der Waals surface area (Å²) in [6, 6.07) is 4.85. The van der Waals surface area contributed by atoms with Crippen LogP contribution in [0.2, 0.25) is 5.02 Å². The van der Waals surface area contributed by atoms with E-state index >= 15 is 0 Å². The molecule has 1 rings (SSSR count). The van der Waals surface area contributed by atoms with Crippen LogP contribution < -0.4 is 5.73 Å². The molecular weight excluding hydrogens is 239 g/mol. The lowest BCUT2D eigenvalue weighted by Gasteiger charge is -2.26. The third-order valence-corrected chi connectivity index (χ3v) is 2.73. The maximum absolute atomic E-state index is 13.0. The number of hydrogen-bond donors (Lipinski definition) is 1. The van der Waals surface area contributed by atoms with Crippen molar-refractivity contribution >= 4 is 11.6 Å². The fraction of sp³-hybridized carbons (Fsp3) is 0.538. The molecule has 0 aliphatic carbocycles. The molecule has 2 nitrogen and oxygen atoms in total. The molecule has 0 aliphatic heterocycles. The Bertz CT molecular complexity index is 374. The topological polar surface area (TPSA) is 29.3 Å². The summed E-state index contributed by atoms with van der Waals surface area (Å²) < 4.78 is 13.0. The minimum Gasteiger partial charge on any atom is -0.324 e. The van der Waals surface area contributed by atoms with E-state index in [1.807, 2.05) is 20.9 Å². The van der Waals surface area contributed by atoms with Gasteiger partial charge in [0, 0.05) is 18.6 Å². The van der Waals surface area contributed by atoms with Gasteiger partial charge < -0.3 is 10.6 Å². The van der Waals surface area contributed by atoms with Gasteiger partial charge in [-0.25, -0.2) is 4.39 Å². The Kier molecular flexibility index (Phi) is 4.92. The van der Waals surface area contributed by atoms with Crippen LogP contribution in [0.25, 0.3) is 0 Å². The summed E-state index contributed by atoms with van der Waals surface area (Å²) in [7, 11) is 2.03. The lowest BCUT2D eigenvalue weighted by Crippen LogP contribution is -2.44. The lowest BCUT2D eigenvalue weighted by molar-refractivity contribution is 0.273. The number of benzene rings is 1. The van der Waals surface area contributed by atoms with Gasteiger partial charge in [-0.1, -0.05) is 17.7 Å². The van der Waals surface area contributed by atoms with Crippen molar-refractivity contribution in [2.45, 2.75) is 25.8 Å². The van der Waals surface area contributed by atoms with E-state index in [1.54, 1.807) is 12.1 Å². The van der Waals surface area contributed by atoms with Crippen LogP contribution in [0, 0.1) is 5.82 Å². The first kappa shape index (κ1) is 14.4. The number of hydrogen-bond acceptors (Lipinski definition) is 2. The second-order valence-corrected chi connectivity index (χ2v) is 5.63. The number of likely N-dealkylation sites (N-methyl/N-ethyl adjacent to an activating group) is 1. The fourth-order valence-electron chi connectivity index (χ4n) is 1.79. The van der Waals surface area contributed by atoms with Crippen LogP contribution in [0.15, 0.2) is 18.2 Å². The molecule has 0 atom stereocenters. The second kappa shape index (κ2) is 5.80. The van der Waals surface area contributed by atoms with Crippen molar-refractivity contribution in [3.63, 3.8) is 0 Å². The summed E-state index contributed by atoms with van der Waals surface area (Å²) in [5.74, 6) is -0.369. The average Bonchev–Trinajstić information content (AvgIpc) is 2.17. The Morgan fingerprint density at radius 3 is 2.59 bits per heavy atom. The van der Waals surface area contributed by atoms with Crippen LogP contribution >= 0.6 is 11.6 Å². The molecule has 0 fully saturated rings. The SMILES string of the molecule is CN(CCc1ccc(F)c(Cl)c1)CC(C)(C)N. The van der Waals surface area contributed by atoms with Gasteiger partial charge in [-0.15, -0.1) is 0 Å².